The second-order valence-electron chi connectivity index (χ2n) is 7.20. The van der Waals surface area contributed by atoms with Crippen molar-refractivity contribution in [3.63, 3.8) is 0 Å². The van der Waals surface area contributed by atoms with Crippen molar-refractivity contribution in [1.29, 1.82) is 0 Å². The molecule has 2 fully saturated rings. The van der Waals surface area contributed by atoms with Crippen molar-refractivity contribution in [2.45, 2.75) is 74.3 Å². The molecule has 0 amide bonds. The molecule has 1 aliphatic carbocycles. The van der Waals surface area contributed by atoms with Crippen LogP contribution in [0, 0.1) is 0 Å². The lowest BCUT2D eigenvalue weighted by atomic mass is 9.90. The third kappa shape index (κ3) is 3.95. The second-order valence-corrected chi connectivity index (χ2v) is 7.20. The van der Waals surface area contributed by atoms with Gasteiger partial charge in [0.2, 0.25) is 0 Å². The van der Waals surface area contributed by atoms with Crippen LogP contribution < -0.4 is 5.32 Å². The molecular formula is C17H27NO9. The Kier molecular flexibility index (Phi) is 6.62. The molecule has 0 spiro atoms. The third-order valence-corrected chi connectivity index (χ3v) is 5.44. The number of rotatable bonds is 5. The molecular weight excluding hydrogens is 362 g/mol. The van der Waals surface area contributed by atoms with Crippen molar-refractivity contribution in [2.75, 3.05) is 13.2 Å². The van der Waals surface area contributed by atoms with Gasteiger partial charge in [0.15, 0.2) is 12.1 Å². The quantitative estimate of drug-likeness (QED) is 0.251. The Balaban J connectivity index is 1.81. The van der Waals surface area contributed by atoms with Crippen molar-refractivity contribution in [3.05, 3.63) is 11.6 Å². The lowest BCUT2D eigenvalue weighted by molar-refractivity contribution is -0.315. The van der Waals surface area contributed by atoms with Crippen LogP contribution in [0.1, 0.15) is 19.3 Å². The summed E-state index contributed by atoms with van der Waals surface area (Å²) < 4.78 is 11.0. The van der Waals surface area contributed by atoms with Gasteiger partial charge in [0.1, 0.15) is 30.5 Å². The average molecular weight is 389 g/mol. The predicted molar refractivity (Wildman–Crippen MR) is 89.4 cm³/mol. The minimum Gasteiger partial charge on any atom is -0.395 e. The van der Waals surface area contributed by atoms with Crippen molar-refractivity contribution in [3.8, 4) is 0 Å². The van der Waals surface area contributed by atoms with Crippen LogP contribution >= 0.6 is 0 Å². The van der Waals surface area contributed by atoms with Crippen molar-refractivity contribution in [1.82, 2.24) is 5.32 Å². The molecule has 27 heavy (non-hydrogen) atoms. The van der Waals surface area contributed by atoms with Gasteiger partial charge in [-0.15, -0.1) is 0 Å². The number of nitrogens with one attached hydrogen (secondary N) is 1. The zero-order valence-corrected chi connectivity index (χ0v) is 14.7. The van der Waals surface area contributed by atoms with E-state index in [4.69, 9.17) is 9.47 Å². The molecule has 0 saturated carbocycles. The summed E-state index contributed by atoms with van der Waals surface area (Å²) in [5.41, 5.74) is 0.436. The van der Waals surface area contributed by atoms with Gasteiger partial charge in [-0.3, -0.25) is 4.79 Å². The molecule has 9 atom stereocenters. The SMILES string of the molecule is O=C1CCCC=C1[C@H]1N[C@H](CO)[C@H](O)[C@@H]1O[C@@H]1O[C@H](CO)[C@@H](O)[C@H](O)[C@H]1O. The number of hydrogen-bond acceptors (Lipinski definition) is 10. The first kappa shape index (κ1) is 20.8. The molecule has 2 aliphatic heterocycles. The number of aliphatic hydroxyl groups excluding tert-OH is 6. The maximum atomic E-state index is 12.3. The molecule has 3 rings (SSSR count). The van der Waals surface area contributed by atoms with Gasteiger partial charge in [-0.1, -0.05) is 6.08 Å². The first-order valence-electron chi connectivity index (χ1n) is 9.13. The van der Waals surface area contributed by atoms with Gasteiger partial charge >= 0.3 is 0 Å². The molecule has 10 heteroatoms. The van der Waals surface area contributed by atoms with Crippen LogP contribution in [0.25, 0.3) is 0 Å². The number of aliphatic hydroxyl groups is 6. The van der Waals surface area contributed by atoms with Crippen LogP contribution in [0.2, 0.25) is 0 Å². The van der Waals surface area contributed by atoms with Crippen LogP contribution in [-0.2, 0) is 14.3 Å². The van der Waals surface area contributed by atoms with Gasteiger partial charge in [-0.25, -0.2) is 0 Å². The van der Waals surface area contributed by atoms with Crippen molar-refractivity contribution < 1.29 is 44.9 Å². The van der Waals surface area contributed by atoms with E-state index in [-0.39, 0.29) is 5.78 Å². The number of ether oxygens (including phenoxy) is 2. The van der Waals surface area contributed by atoms with Gasteiger partial charge in [-0.05, 0) is 12.8 Å². The van der Waals surface area contributed by atoms with E-state index in [1.165, 1.54) is 0 Å². The second kappa shape index (κ2) is 8.60. The highest BCUT2D eigenvalue weighted by Crippen LogP contribution is 2.31. The lowest BCUT2D eigenvalue weighted by Crippen LogP contribution is -2.60. The summed E-state index contributed by atoms with van der Waals surface area (Å²) in [6.07, 6.45) is -6.04. The summed E-state index contributed by atoms with van der Waals surface area (Å²) in [6.45, 7) is -1.00. The Hall–Kier alpha value is -0.950. The Morgan fingerprint density at radius 2 is 1.81 bits per heavy atom. The molecule has 3 aliphatic rings. The minimum atomic E-state index is -1.63. The van der Waals surface area contributed by atoms with Gasteiger partial charge in [-0.2, -0.15) is 0 Å². The summed E-state index contributed by atoms with van der Waals surface area (Å²) >= 11 is 0. The minimum absolute atomic E-state index is 0.0908. The highest BCUT2D eigenvalue weighted by molar-refractivity contribution is 5.97. The van der Waals surface area contributed by atoms with Crippen molar-refractivity contribution in [2.24, 2.45) is 0 Å². The van der Waals surface area contributed by atoms with Gasteiger partial charge < -0.3 is 45.4 Å². The Bertz CT molecular complexity index is 569. The van der Waals surface area contributed by atoms with Crippen LogP contribution in [0.4, 0.5) is 0 Å². The number of hydrogen-bond donors (Lipinski definition) is 7. The molecule has 154 valence electrons. The van der Waals surface area contributed by atoms with Crippen LogP contribution in [0.5, 0.6) is 0 Å². The van der Waals surface area contributed by atoms with E-state index in [2.05, 4.69) is 5.32 Å². The summed E-state index contributed by atoms with van der Waals surface area (Å²) in [6, 6.07) is -1.47. The van der Waals surface area contributed by atoms with E-state index in [0.717, 1.165) is 6.42 Å². The molecule has 0 aromatic heterocycles. The Morgan fingerprint density at radius 3 is 2.44 bits per heavy atom. The Morgan fingerprint density at radius 1 is 1.07 bits per heavy atom. The summed E-state index contributed by atoms with van der Waals surface area (Å²) in [7, 11) is 0. The monoisotopic (exact) mass is 389 g/mol. The normalized spacial score (nSPS) is 45.8. The van der Waals surface area contributed by atoms with E-state index in [9.17, 15) is 35.4 Å². The fraction of sp³-hybridized carbons (Fsp3) is 0.824. The molecule has 0 unspecified atom stereocenters. The molecule has 10 nitrogen and oxygen atoms in total. The van der Waals surface area contributed by atoms with E-state index >= 15 is 0 Å². The molecule has 0 aromatic rings. The topological polar surface area (TPSA) is 169 Å². The zero-order chi connectivity index (χ0) is 19.7. The zero-order valence-electron chi connectivity index (χ0n) is 14.7. The van der Waals surface area contributed by atoms with Crippen LogP contribution in [0.15, 0.2) is 11.6 Å². The predicted octanol–water partition coefficient (Wildman–Crippen LogP) is -3.46. The lowest BCUT2D eigenvalue weighted by Gasteiger charge is -2.41. The fourth-order valence-electron chi connectivity index (χ4n) is 3.85. The number of carbonyl (C=O) groups excluding carboxylic acids is 1. The van der Waals surface area contributed by atoms with Crippen LogP contribution in [-0.4, -0.2) is 105 Å². The van der Waals surface area contributed by atoms with E-state index in [1.807, 2.05) is 0 Å². The smallest absolute Gasteiger partial charge is 0.187 e. The summed E-state index contributed by atoms with van der Waals surface area (Å²) in [4.78, 5) is 12.3. The largest absolute Gasteiger partial charge is 0.395 e. The summed E-state index contributed by atoms with van der Waals surface area (Å²) in [5, 5.41) is 62.2. The van der Waals surface area contributed by atoms with E-state index in [1.54, 1.807) is 6.08 Å². The molecule has 0 bridgehead atoms. The molecule has 0 radical (unpaired) electrons. The first-order chi connectivity index (χ1) is 12.9. The molecule has 2 heterocycles. The maximum absolute atomic E-state index is 12.3. The van der Waals surface area contributed by atoms with Gasteiger partial charge in [0, 0.05) is 12.0 Å². The van der Waals surface area contributed by atoms with Crippen LogP contribution in [0.3, 0.4) is 0 Å². The summed E-state index contributed by atoms with van der Waals surface area (Å²) in [5.74, 6) is -0.0908. The van der Waals surface area contributed by atoms with E-state index in [0.29, 0.717) is 18.4 Å². The number of ketones is 1. The molecule has 2 saturated heterocycles. The number of carbonyl (C=O) groups is 1. The fourth-order valence-corrected chi connectivity index (χ4v) is 3.85. The highest BCUT2D eigenvalue weighted by Gasteiger charge is 2.50. The number of Topliss-reactive ketones (excluding diaryl/α,β-unsaturated/α-hetero) is 1. The maximum Gasteiger partial charge on any atom is 0.187 e. The average Bonchev–Trinajstić information content (AvgIpc) is 2.98. The first-order valence-corrected chi connectivity index (χ1v) is 9.13. The molecule has 0 aromatic carbocycles. The van der Waals surface area contributed by atoms with E-state index < -0.39 is 68.2 Å². The van der Waals surface area contributed by atoms with Gasteiger partial charge in [0.25, 0.3) is 0 Å². The van der Waals surface area contributed by atoms with Crippen molar-refractivity contribution >= 4 is 5.78 Å². The molecule has 7 N–H and O–H groups in total. The third-order valence-electron chi connectivity index (χ3n) is 5.44. The standard InChI is InChI=1S/C17H27NO9/c19-5-8-12(22)16(11(18-8)7-3-1-2-4-9(7)21)27-17-15(25)14(24)13(23)10(6-20)26-17/h3,8,10-20,22-25H,1-2,4-6H2/t8-,10-,11-,12+,13-,14+,15-,16-,17+/m1/s1. The van der Waals surface area contributed by atoms with Gasteiger partial charge in [0.05, 0.1) is 31.4 Å². The number of allylic oxidation sites excluding steroid dienone is 1. The highest BCUT2D eigenvalue weighted by atomic mass is 16.7. The Labute approximate surface area is 156 Å².